The summed E-state index contributed by atoms with van der Waals surface area (Å²) >= 11 is 12.0. The Balaban J connectivity index is 2.50. The van der Waals surface area contributed by atoms with Crippen LogP contribution < -0.4 is 5.73 Å². The zero-order valence-corrected chi connectivity index (χ0v) is 12.3. The number of benzene rings is 1. The average Bonchev–Trinajstić information content (AvgIpc) is 2.59. The van der Waals surface area contributed by atoms with Gasteiger partial charge in [0, 0.05) is 6.04 Å². The quantitative estimate of drug-likeness (QED) is 0.914. The van der Waals surface area contributed by atoms with Gasteiger partial charge in [-0.25, -0.2) is 8.42 Å². The van der Waals surface area contributed by atoms with Crippen molar-refractivity contribution in [2.45, 2.75) is 36.0 Å². The molecule has 100 valence electrons. The lowest BCUT2D eigenvalue weighted by atomic mass is 10.1. The summed E-state index contributed by atoms with van der Waals surface area (Å²) in [6, 6.07) is 4.64. The standard InChI is InChI=1S/C12H15Cl2NO2S/c1-7-10(15)5-6-11(7)18(16,17)12-8(13)3-2-4-9(12)14/h2-4,7,10-11H,5-6,15H2,1H3. The summed E-state index contributed by atoms with van der Waals surface area (Å²) in [4.78, 5) is 0.0410. The SMILES string of the molecule is CC1C(N)CCC1S(=O)(=O)c1c(Cl)cccc1Cl. The minimum absolute atomic E-state index is 0.0410. The molecule has 1 aliphatic rings. The van der Waals surface area contributed by atoms with Crippen LogP contribution in [0.3, 0.4) is 0 Å². The van der Waals surface area contributed by atoms with E-state index in [0.29, 0.717) is 12.8 Å². The molecule has 2 rings (SSSR count). The van der Waals surface area contributed by atoms with Gasteiger partial charge in [-0.1, -0.05) is 36.2 Å². The number of nitrogens with two attached hydrogens (primary N) is 1. The molecule has 0 saturated heterocycles. The van der Waals surface area contributed by atoms with Crippen molar-refractivity contribution >= 4 is 33.0 Å². The molecule has 1 aromatic rings. The molecule has 1 aliphatic carbocycles. The number of halogens is 2. The highest BCUT2D eigenvalue weighted by atomic mass is 35.5. The molecule has 0 aliphatic heterocycles. The van der Waals surface area contributed by atoms with E-state index in [4.69, 9.17) is 28.9 Å². The third kappa shape index (κ3) is 2.27. The summed E-state index contributed by atoms with van der Waals surface area (Å²) in [6.07, 6.45) is 1.28. The van der Waals surface area contributed by atoms with Gasteiger partial charge in [-0.05, 0) is 30.9 Å². The summed E-state index contributed by atoms with van der Waals surface area (Å²) in [5, 5.41) is -0.143. The van der Waals surface area contributed by atoms with Crippen LogP contribution in [0.2, 0.25) is 10.0 Å². The van der Waals surface area contributed by atoms with Crippen LogP contribution in [0.1, 0.15) is 19.8 Å². The molecule has 0 radical (unpaired) electrons. The second kappa shape index (κ2) is 5.00. The number of hydrogen-bond acceptors (Lipinski definition) is 3. The van der Waals surface area contributed by atoms with Gasteiger partial charge in [-0.15, -0.1) is 0 Å². The third-order valence-electron chi connectivity index (χ3n) is 3.65. The van der Waals surface area contributed by atoms with Crippen molar-refractivity contribution in [3.8, 4) is 0 Å². The first-order chi connectivity index (χ1) is 8.35. The first kappa shape index (κ1) is 14.1. The fraction of sp³-hybridized carbons (Fsp3) is 0.500. The second-order valence-corrected chi connectivity index (χ2v) is 7.65. The molecule has 0 aromatic heterocycles. The van der Waals surface area contributed by atoms with Crippen LogP contribution in [0.5, 0.6) is 0 Å². The molecule has 1 saturated carbocycles. The minimum atomic E-state index is -3.53. The summed E-state index contributed by atoms with van der Waals surface area (Å²) in [7, 11) is -3.53. The Labute approximate surface area is 117 Å². The van der Waals surface area contributed by atoms with Crippen molar-refractivity contribution in [1.82, 2.24) is 0 Å². The number of sulfone groups is 1. The monoisotopic (exact) mass is 307 g/mol. The van der Waals surface area contributed by atoms with Crippen LogP contribution in [0.15, 0.2) is 23.1 Å². The number of hydrogen-bond donors (Lipinski definition) is 1. The predicted octanol–water partition coefficient (Wildman–Crippen LogP) is 2.89. The first-order valence-corrected chi connectivity index (χ1v) is 8.09. The van der Waals surface area contributed by atoms with Gasteiger partial charge in [-0.3, -0.25) is 0 Å². The van der Waals surface area contributed by atoms with Gasteiger partial charge in [0.2, 0.25) is 0 Å². The van der Waals surface area contributed by atoms with Crippen molar-refractivity contribution in [2.75, 3.05) is 0 Å². The second-order valence-electron chi connectivity index (χ2n) is 4.73. The van der Waals surface area contributed by atoms with Crippen molar-refractivity contribution < 1.29 is 8.42 Å². The van der Waals surface area contributed by atoms with E-state index in [1.165, 1.54) is 0 Å². The Kier molecular flexibility index (Phi) is 3.93. The Morgan fingerprint density at radius 1 is 1.22 bits per heavy atom. The molecule has 0 bridgehead atoms. The van der Waals surface area contributed by atoms with E-state index >= 15 is 0 Å². The van der Waals surface area contributed by atoms with Gasteiger partial charge in [0.1, 0.15) is 4.90 Å². The van der Waals surface area contributed by atoms with E-state index in [9.17, 15) is 8.42 Å². The normalized spacial score (nSPS) is 28.6. The summed E-state index contributed by atoms with van der Waals surface area (Å²) in [6.45, 7) is 1.87. The Morgan fingerprint density at radius 3 is 2.22 bits per heavy atom. The lowest BCUT2D eigenvalue weighted by Crippen LogP contribution is -2.32. The smallest absolute Gasteiger partial charge is 0.184 e. The summed E-state index contributed by atoms with van der Waals surface area (Å²) < 4.78 is 25.2. The minimum Gasteiger partial charge on any atom is -0.327 e. The molecule has 1 fully saturated rings. The fourth-order valence-electron chi connectivity index (χ4n) is 2.50. The van der Waals surface area contributed by atoms with E-state index < -0.39 is 15.1 Å². The Bertz CT molecular complexity index is 539. The highest BCUT2D eigenvalue weighted by Gasteiger charge is 2.41. The molecule has 0 amide bonds. The van der Waals surface area contributed by atoms with Crippen molar-refractivity contribution in [1.29, 1.82) is 0 Å². The molecule has 3 atom stereocenters. The van der Waals surface area contributed by atoms with Crippen LogP contribution in [0.4, 0.5) is 0 Å². The maximum absolute atomic E-state index is 12.6. The Hall–Kier alpha value is -0.290. The van der Waals surface area contributed by atoms with Crippen LogP contribution >= 0.6 is 23.2 Å². The van der Waals surface area contributed by atoms with Gasteiger partial charge in [0.15, 0.2) is 9.84 Å². The van der Waals surface area contributed by atoms with Gasteiger partial charge in [0.05, 0.1) is 15.3 Å². The van der Waals surface area contributed by atoms with Crippen LogP contribution in [0.25, 0.3) is 0 Å². The lowest BCUT2D eigenvalue weighted by molar-refractivity contribution is 0.507. The molecular weight excluding hydrogens is 293 g/mol. The van der Waals surface area contributed by atoms with E-state index in [-0.39, 0.29) is 26.9 Å². The molecule has 3 unspecified atom stereocenters. The third-order valence-corrected chi connectivity index (χ3v) is 6.97. The van der Waals surface area contributed by atoms with Gasteiger partial charge < -0.3 is 5.73 Å². The van der Waals surface area contributed by atoms with E-state index in [1.807, 2.05) is 6.92 Å². The van der Waals surface area contributed by atoms with Gasteiger partial charge >= 0.3 is 0 Å². The van der Waals surface area contributed by atoms with Crippen molar-refractivity contribution in [3.63, 3.8) is 0 Å². The van der Waals surface area contributed by atoms with Crippen LogP contribution in [0, 0.1) is 5.92 Å². The molecule has 0 heterocycles. The molecular formula is C12H15Cl2NO2S. The first-order valence-electron chi connectivity index (χ1n) is 5.79. The topological polar surface area (TPSA) is 60.2 Å². The van der Waals surface area contributed by atoms with E-state index in [1.54, 1.807) is 18.2 Å². The van der Waals surface area contributed by atoms with Gasteiger partial charge in [0.25, 0.3) is 0 Å². The summed E-state index contributed by atoms with van der Waals surface area (Å²) in [5.41, 5.74) is 5.89. The molecule has 2 N–H and O–H groups in total. The predicted molar refractivity (Wildman–Crippen MR) is 73.8 cm³/mol. The number of rotatable bonds is 2. The molecule has 6 heteroatoms. The zero-order chi connectivity index (χ0) is 13.5. The zero-order valence-electron chi connectivity index (χ0n) is 9.94. The van der Waals surface area contributed by atoms with Crippen LogP contribution in [-0.4, -0.2) is 19.7 Å². The van der Waals surface area contributed by atoms with Crippen LogP contribution in [-0.2, 0) is 9.84 Å². The van der Waals surface area contributed by atoms with Crippen molar-refractivity contribution in [3.05, 3.63) is 28.2 Å². The Morgan fingerprint density at radius 2 is 1.78 bits per heavy atom. The molecule has 1 aromatic carbocycles. The fourth-order valence-corrected chi connectivity index (χ4v) is 5.74. The largest absolute Gasteiger partial charge is 0.327 e. The van der Waals surface area contributed by atoms with E-state index in [2.05, 4.69) is 0 Å². The lowest BCUT2D eigenvalue weighted by Gasteiger charge is -2.19. The van der Waals surface area contributed by atoms with Gasteiger partial charge in [-0.2, -0.15) is 0 Å². The average molecular weight is 308 g/mol. The highest BCUT2D eigenvalue weighted by molar-refractivity contribution is 7.92. The maximum Gasteiger partial charge on any atom is 0.184 e. The highest BCUT2D eigenvalue weighted by Crippen LogP contribution is 2.38. The summed E-state index contributed by atoms with van der Waals surface area (Å²) in [5.74, 6) is -0.0812. The molecule has 3 nitrogen and oxygen atoms in total. The van der Waals surface area contributed by atoms with E-state index in [0.717, 1.165) is 0 Å². The van der Waals surface area contributed by atoms with Crippen molar-refractivity contribution in [2.24, 2.45) is 11.7 Å². The molecule has 0 spiro atoms. The molecule has 18 heavy (non-hydrogen) atoms. The maximum atomic E-state index is 12.6.